The number of phenols is 2. The summed E-state index contributed by atoms with van der Waals surface area (Å²) < 4.78 is 5.97. The van der Waals surface area contributed by atoms with E-state index in [0.29, 0.717) is 77.2 Å². The van der Waals surface area contributed by atoms with E-state index in [0.717, 1.165) is 0 Å². The number of nitrogens with two attached hydrogens (primary N) is 4. The van der Waals surface area contributed by atoms with Crippen LogP contribution in [0, 0.1) is 28.6 Å². The second-order valence-electron chi connectivity index (χ2n) is 29.0. The number of benzene rings is 4. The van der Waals surface area contributed by atoms with Crippen molar-refractivity contribution in [3.05, 3.63) is 100 Å². The predicted molar refractivity (Wildman–Crippen MR) is 395 cm³/mol. The molecule has 7 amide bonds. The number of thiocarbonyl (C=S) groups is 1. The standard InChI is InChI=1S/C73H96N16O15S/c1-38(2)33-52(69(102)103)83-65(97)60(73(3,4)5)85-61(93)51(34-39-12-15-43(90)16-13-39)82-62(94)53-10-7-27-88(53)66(98)50(9-6-26-79-70(75)76)81-64(96)59(41-24-29-86(30-25-41)71(77)78)84-63(95)54-11-8-28-89(54)67(99)58(74)40-22-31-87(32-23-40)72(105)80-42-14-19-46(49(35-42)68(100)101)57-47-20-17-44(91)36-55(47)104-56-37-45(92)18-21-48(56)57/h12-21,35-38,40-41,50-54,58-60,90-91H,6-11,22-34,74H2,1-5H3,(H3,77,78)(H,80,105)(H,81,96)(H,82,94)(H,83,97)(H,84,95)(H,85,93)(H,100,101)(H,102,103)(H4,75,76,79)/t50-,51-,52-,53-,54-,58-,59-,60+/m0/s1. The first-order valence-electron chi connectivity index (χ1n) is 35.4. The Morgan fingerprint density at radius 1 is 0.667 bits per heavy atom. The van der Waals surface area contributed by atoms with Gasteiger partial charge >= 0.3 is 11.9 Å². The number of amides is 7. The third-order valence-corrected chi connectivity index (χ3v) is 20.3. The highest BCUT2D eigenvalue weighted by atomic mass is 32.1. The number of aliphatic imine (C=N–C) groups is 1. The fourth-order valence-electron chi connectivity index (χ4n) is 14.4. The lowest BCUT2D eigenvalue weighted by atomic mass is 9.85. The fraction of sp³-hybridized carbons (Fsp3) is 0.493. The van der Waals surface area contributed by atoms with Gasteiger partial charge < -0.3 is 99.3 Å². The van der Waals surface area contributed by atoms with E-state index in [9.17, 15) is 58.8 Å². The molecule has 105 heavy (non-hydrogen) atoms. The van der Waals surface area contributed by atoms with E-state index in [2.05, 4.69) is 36.9 Å². The molecule has 3 aromatic carbocycles. The van der Waals surface area contributed by atoms with E-state index in [4.69, 9.17) is 45.0 Å². The van der Waals surface area contributed by atoms with Gasteiger partial charge in [-0.15, -0.1) is 0 Å². The topological polar surface area (TPSA) is 490 Å². The Balaban J connectivity index is 0.876. The molecule has 6 aliphatic rings. The van der Waals surface area contributed by atoms with Gasteiger partial charge in [-0.05, 0) is 166 Å². The van der Waals surface area contributed by atoms with Gasteiger partial charge in [0.1, 0.15) is 65.1 Å². The van der Waals surface area contributed by atoms with Crippen molar-refractivity contribution in [2.75, 3.05) is 51.1 Å². The van der Waals surface area contributed by atoms with Gasteiger partial charge in [0, 0.05) is 86.6 Å². The summed E-state index contributed by atoms with van der Waals surface area (Å²) in [6, 6.07) is 9.49. The molecule has 3 aromatic rings. The SMILES string of the molecule is CC(C)C[C@H](NC(=O)[C@@H](NC(=O)[C@H](Cc1ccc(O)cc1)NC(=O)[C@@H]1CCCN1C(=O)[C@H](CCCN=C(N)N)NC(=O)[C@@H](NC(=O)[C@@H]1CCCN1C(=O)[C@@H](N)C1CCN(C(=S)Nc2ccc(-c3c4ccc(=O)cc-4oc4cc(O)ccc34)c(C(=O)O)c2)CC1)C1CCN(C(=N)N)CC1)C(C)(C)C)C(=O)O. The molecule has 19 N–H and O–H groups in total. The molecule has 4 fully saturated rings. The first-order chi connectivity index (χ1) is 49.8. The number of nitrogens with zero attached hydrogens (tertiary/aromatic N) is 5. The van der Waals surface area contributed by atoms with Crippen molar-refractivity contribution < 1.29 is 68.0 Å². The van der Waals surface area contributed by atoms with Crippen LogP contribution >= 0.6 is 12.2 Å². The fourth-order valence-corrected chi connectivity index (χ4v) is 14.7. The van der Waals surface area contributed by atoms with Gasteiger partial charge in [0.25, 0.3) is 0 Å². The molecule has 32 heteroatoms. The van der Waals surface area contributed by atoms with Gasteiger partial charge in [0.05, 0.1) is 11.6 Å². The van der Waals surface area contributed by atoms with Gasteiger partial charge in [0.15, 0.2) is 22.5 Å². The van der Waals surface area contributed by atoms with Crippen LogP contribution in [-0.4, -0.2) is 204 Å². The molecule has 0 aromatic heterocycles. The maximum atomic E-state index is 15.2. The second-order valence-corrected chi connectivity index (χ2v) is 29.4. The van der Waals surface area contributed by atoms with Crippen LogP contribution in [0.3, 0.4) is 0 Å². The first kappa shape index (κ1) is 78.5. The number of aromatic carboxylic acids is 1. The number of anilines is 1. The van der Waals surface area contributed by atoms with Gasteiger partial charge in [-0.3, -0.25) is 48.8 Å². The molecule has 564 valence electrons. The lowest BCUT2D eigenvalue weighted by Crippen LogP contribution is -2.62. The molecule has 5 heterocycles. The van der Waals surface area contributed by atoms with Gasteiger partial charge in [-0.25, -0.2) is 9.59 Å². The number of likely N-dealkylation sites (tertiary alicyclic amines) is 4. The number of guanidine groups is 2. The average Bonchev–Trinajstić information content (AvgIpc) is 1.55. The zero-order valence-corrected chi connectivity index (χ0v) is 60.3. The Morgan fingerprint density at radius 3 is 1.88 bits per heavy atom. The number of hydrogen-bond donors (Lipinski definition) is 15. The number of carbonyl (C=O) groups is 9. The minimum Gasteiger partial charge on any atom is -0.508 e. The Morgan fingerprint density at radius 2 is 1.27 bits per heavy atom. The summed E-state index contributed by atoms with van der Waals surface area (Å²) in [4.78, 5) is 151. The van der Waals surface area contributed by atoms with Crippen molar-refractivity contribution in [3.63, 3.8) is 0 Å². The summed E-state index contributed by atoms with van der Waals surface area (Å²) in [7, 11) is 0. The smallest absolute Gasteiger partial charge is 0.336 e. The van der Waals surface area contributed by atoms with Crippen LogP contribution in [0.25, 0.3) is 33.4 Å². The van der Waals surface area contributed by atoms with Crippen molar-refractivity contribution in [1.29, 1.82) is 5.41 Å². The summed E-state index contributed by atoms with van der Waals surface area (Å²) in [5, 5.41) is 67.0. The molecule has 0 saturated carbocycles. The minimum atomic E-state index is -1.39. The van der Waals surface area contributed by atoms with Crippen molar-refractivity contribution >= 4 is 99.2 Å². The lowest BCUT2D eigenvalue weighted by molar-refractivity contribution is -0.144. The number of rotatable bonds is 26. The largest absolute Gasteiger partial charge is 0.508 e. The molecule has 8 atom stereocenters. The molecule has 0 bridgehead atoms. The number of phenolic OH excluding ortho intramolecular Hbond substituents is 2. The molecule has 31 nitrogen and oxygen atoms in total. The maximum absolute atomic E-state index is 15.2. The normalized spacial score (nSPS) is 18.3. The monoisotopic (exact) mass is 1470 g/mol. The molecule has 0 spiro atoms. The number of aliphatic carboxylic acids is 1. The third-order valence-electron chi connectivity index (χ3n) is 20.0. The van der Waals surface area contributed by atoms with E-state index in [1.165, 1.54) is 52.3 Å². The molecule has 1 aliphatic carbocycles. The van der Waals surface area contributed by atoms with E-state index in [-0.39, 0.29) is 142 Å². The van der Waals surface area contributed by atoms with Crippen LogP contribution in [0.2, 0.25) is 0 Å². The zero-order valence-electron chi connectivity index (χ0n) is 59.5. The van der Waals surface area contributed by atoms with E-state index in [1.54, 1.807) is 75.9 Å². The predicted octanol–water partition coefficient (Wildman–Crippen LogP) is 2.89. The van der Waals surface area contributed by atoms with E-state index in [1.807, 2.05) is 4.90 Å². The molecular formula is C73H96N16O15S. The second kappa shape index (κ2) is 34.3. The van der Waals surface area contributed by atoms with Crippen molar-refractivity contribution in [2.45, 2.75) is 160 Å². The molecule has 4 saturated heterocycles. The minimum absolute atomic E-state index is 0.0440. The number of fused-ring (bicyclic) bond motifs is 2. The summed E-state index contributed by atoms with van der Waals surface area (Å²) in [5.41, 5.74) is 25.1. The highest BCUT2D eigenvalue weighted by molar-refractivity contribution is 7.80. The first-order valence-corrected chi connectivity index (χ1v) is 35.8. The van der Waals surface area contributed by atoms with Crippen molar-refractivity contribution in [3.8, 4) is 33.9 Å². The molecule has 5 aliphatic heterocycles. The van der Waals surface area contributed by atoms with Crippen LogP contribution in [0.5, 0.6) is 11.5 Å². The molecule has 0 radical (unpaired) electrons. The highest BCUT2D eigenvalue weighted by Crippen LogP contribution is 2.43. The van der Waals surface area contributed by atoms with Crippen LogP contribution in [-0.2, 0) is 44.8 Å². The van der Waals surface area contributed by atoms with Crippen LogP contribution < -0.4 is 60.3 Å². The number of carboxylic acids is 2. The Bertz CT molecular complexity index is 4140. The number of nitrogens with one attached hydrogen (secondary N) is 7. The molecule has 9 rings (SSSR count). The number of piperidine rings is 2. The average molecular weight is 1470 g/mol. The Kier molecular flexibility index (Phi) is 25.7. The van der Waals surface area contributed by atoms with Gasteiger partial charge in [-0.1, -0.05) is 52.8 Å². The third kappa shape index (κ3) is 19.6. The van der Waals surface area contributed by atoms with E-state index < -0.39 is 113 Å². The zero-order chi connectivity index (χ0) is 76.3. The Hall–Kier alpha value is -10.6. The maximum Gasteiger partial charge on any atom is 0.336 e. The van der Waals surface area contributed by atoms with E-state index >= 15 is 9.59 Å². The van der Waals surface area contributed by atoms with Crippen molar-refractivity contribution in [1.82, 2.24) is 46.2 Å². The highest BCUT2D eigenvalue weighted by Gasteiger charge is 2.45. The molecular weight excluding hydrogens is 1370 g/mol. The van der Waals surface area contributed by atoms with Crippen LogP contribution in [0.4, 0.5) is 5.69 Å². The number of carbonyl (C=O) groups excluding carboxylic acids is 7. The Labute approximate surface area is 612 Å². The van der Waals surface area contributed by atoms with Gasteiger partial charge in [-0.2, -0.15) is 0 Å². The van der Waals surface area contributed by atoms with Crippen LogP contribution in [0.15, 0.2) is 93.1 Å². The van der Waals surface area contributed by atoms with Crippen molar-refractivity contribution in [2.24, 2.45) is 51.1 Å². The van der Waals surface area contributed by atoms with Crippen LogP contribution in [0.1, 0.15) is 121 Å². The summed E-state index contributed by atoms with van der Waals surface area (Å²) >= 11 is 5.86. The summed E-state index contributed by atoms with van der Waals surface area (Å²) in [6.07, 6.45) is 2.63. The summed E-state index contributed by atoms with van der Waals surface area (Å²) in [6.45, 7) is 10.2. The number of hydrogen-bond acceptors (Lipinski definition) is 17. The quantitative estimate of drug-likeness (QED) is 0.0124. The van der Waals surface area contributed by atoms with Gasteiger partial charge in [0.2, 0.25) is 41.4 Å². The number of carboxylic acid groups (broad SMARTS) is 2. The molecule has 0 unspecified atom stereocenters. The summed E-state index contributed by atoms with van der Waals surface area (Å²) in [5.74, 6) is -8.64. The number of aromatic hydroxyl groups is 2. The lowest BCUT2D eigenvalue weighted by Gasteiger charge is -2.38.